The van der Waals surface area contributed by atoms with Crippen molar-refractivity contribution >= 4 is 17.4 Å². The smallest absolute Gasteiger partial charge is 0.215 e. The average Bonchev–Trinajstić information content (AvgIpc) is 2.51. The number of halogens is 2. The van der Waals surface area contributed by atoms with E-state index >= 15 is 0 Å². The number of rotatable bonds is 5. The van der Waals surface area contributed by atoms with Gasteiger partial charge in [-0.15, -0.1) is 0 Å². The van der Waals surface area contributed by atoms with Gasteiger partial charge in [-0.2, -0.15) is 4.98 Å². The molecule has 1 heterocycles. The van der Waals surface area contributed by atoms with E-state index in [1.54, 1.807) is 18.2 Å². The van der Waals surface area contributed by atoms with Gasteiger partial charge in [0.25, 0.3) is 0 Å². The van der Waals surface area contributed by atoms with E-state index in [0.29, 0.717) is 22.3 Å². The Morgan fingerprint density at radius 2 is 1.95 bits per heavy atom. The molecule has 2 aromatic rings. The first kappa shape index (κ1) is 18.2. The van der Waals surface area contributed by atoms with Crippen LogP contribution in [0.1, 0.15) is 38.3 Å². The van der Waals surface area contributed by atoms with Gasteiger partial charge in [0, 0.05) is 11.6 Å². The number of aryl methyl sites for hydroxylation is 1. The van der Waals surface area contributed by atoms with Crippen molar-refractivity contribution in [2.75, 3.05) is 5.73 Å². The standard InChI is InChI=1S/C15H16ClFN2O.C2H6/c1-2-4-10-7-8-14(19-15(10)18)20-9-11-12(16)5-3-6-13(11)17;1-2/h3,5-8H,2,4,9H2,1H3,(H2,18,19);1-2H3. The summed E-state index contributed by atoms with van der Waals surface area (Å²) in [7, 11) is 0. The minimum atomic E-state index is -0.395. The van der Waals surface area contributed by atoms with Gasteiger partial charge in [0.15, 0.2) is 0 Å². The molecule has 0 saturated carbocycles. The van der Waals surface area contributed by atoms with E-state index in [2.05, 4.69) is 11.9 Å². The van der Waals surface area contributed by atoms with Crippen molar-refractivity contribution in [3.05, 3.63) is 52.3 Å². The van der Waals surface area contributed by atoms with Gasteiger partial charge in [-0.05, 0) is 24.1 Å². The van der Waals surface area contributed by atoms with Gasteiger partial charge >= 0.3 is 0 Å². The molecule has 2 N–H and O–H groups in total. The lowest BCUT2D eigenvalue weighted by Crippen LogP contribution is -2.03. The molecule has 120 valence electrons. The van der Waals surface area contributed by atoms with Crippen molar-refractivity contribution < 1.29 is 9.13 Å². The van der Waals surface area contributed by atoms with Gasteiger partial charge in [-0.25, -0.2) is 4.39 Å². The summed E-state index contributed by atoms with van der Waals surface area (Å²) in [4.78, 5) is 4.16. The monoisotopic (exact) mass is 324 g/mol. The van der Waals surface area contributed by atoms with Crippen LogP contribution in [-0.2, 0) is 13.0 Å². The lowest BCUT2D eigenvalue weighted by atomic mass is 10.1. The molecule has 0 bridgehead atoms. The van der Waals surface area contributed by atoms with Gasteiger partial charge in [0.1, 0.15) is 18.2 Å². The molecule has 0 atom stereocenters. The number of nitrogen functional groups attached to an aromatic ring is 1. The normalized spacial score (nSPS) is 9.86. The first-order valence-corrected chi connectivity index (χ1v) is 7.80. The van der Waals surface area contributed by atoms with Crippen LogP contribution >= 0.6 is 11.6 Å². The predicted octanol–water partition coefficient (Wildman–Crippen LogP) is 5.01. The van der Waals surface area contributed by atoms with E-state index in [9.17, 15) is 4.39 Å². The number of nitrogens with zero attached hydrogens (tertiary/aromatic N) is 1. The van der Waals surface area contributed by atoms with Gasteiger partial charge < -0.3 is 10.5 Å². The van der Waals surface area contributed by atoms with Crippen molar-refractivity contribution in [3.63, 3.8) is 0 Å². The molecule has 0 aliphatic heterocycles. The highest BCUT2D eigenvalue weighted by Gasteiger charge is 2.09. The topological polar surface area (TPSA) is 48.1 Å². The maximum atomic E-state index is 13.6. The molecule has 0 radical (unpaired) electrons. The molecule has 0 unspecified atom stereocenters. The van der Waals surface area contributed by atoms with Crippen LogP contribution in [0.15, 0.2) is 30.3 Å². The van der Waals surface area contributed by atoms with E-state index in [4.69, 9.17) is 22.1 Å². The second kappa shape index (κ2) is 9.26. The molecule has 0 amide bonds. The summed E-state index contributed by atoms with van der Waals surface area (Å²) in [5, 5.41) is 0.334. The van der Waals surface area contributed by atoms with Crippen LogP contribution in [0.3, 0.4) is 0 Å². The van der Waals surface area contributed by atoms with Crippen molar-refractivity contribution in [3.8, 4) is 5.88 Å². The zero-order valence-electron chi connectivity index (χ0n) is 13.2. The molecule has 2 rings (SSSR count). The molecule has 0 aliphatic rings. The fourth-order valence-corrected chi connectivity index (χ4v) is 2.08. The lowest BCUT2D eigenvalue weighted by molar-refractivity contribution is 0.288. The Labute approximate surface area is 136 Å². The number of anilines is 1. The number of ether oxygens (including phenoxy) is 1. The second-order valence-electron chi connectivity index (χ2n) is 4.43. The number of hydrogen-bond acceptors (Lipinski definition) is 3. The predicted molar refractivity (Wildman–Crippen MR) is 89.7 cm³/mol. The maximum Gasteiger partial charge on any atom is 0.215 e. The van der Waals surface area contributed by atoms with Crippen LogP contribution in [0.25, 0.3) is 0 Å². The Morgan fingerprint density at radius 1 is 1.23 bits per heavy atom. The summed E-state index contributed by atoms with van der Waals surface area (Å²) in [6.07, 6.45) is 1.87. The SMILES string of the molecule is CC.CCCc1ccc(OCc2c(F)cccc2Cl)nc1N. The Bertz CT molecular complexity index is 585. The number of pyridine rings is 1. The summed E-state index contributed by atoms with van der Waals surface area (Å²) >= 11 is 5.93. The number of benzene rings is 1. The Hall–Kier alpha value is -1.81. The molecular formula is C17H22ClFN2O. The Morgan fingerprint density at radius 3 is 2.55 bits per heavy atom. The van der Waals surface area contributed by atoms with Crippen molar-refractivity contribution in [1.82, 2.24) is 4.98 Å². The Kier molecular flexibility index (Phi) is 7.67. The first-order valence-electron chi connectivity index (χ1n) is 7.43. The minimum absolute atomic E-state index is 0.0189. The molecular weight excluding hydrogens is 303 g/mol. The fraction of sp³-hybridized carbons (Fsp3) is 0.353. The largest absolute Gasteiger partial charge is 0.473 e. The molecule has 0 saturated heterocycles. The maximum absolute atomic E-state index is 13.6. The molecule has 22 heavy (non-hydrogen) atoms. The van der Waals surface area contributed by atoms with E-state index in [1.165, 1.54) is 6.07 Å². The van der Waals surface area contributed by atoms with Crippen LogP contribution in [0, 0.1) is 5.82 Å². The number of nitrogens with two attached hydrogens (primary N) is 1. The van der Waals surface area contributed by atoms with E-state index in [-0.39, 0.29) is 6.61 Å². The lowest BCUT2D eigenvalue weighted by Gasteiger charge is -2.10. The highest BCUT2D eigenvalue weighted by Crippen LogP contribution is 2.22. The zero-order chi connectivity index (χ0) is 16.5. The molecule has 1 aromatic carbocycles. The highest BCUT2D eigenvalue weighted by molar-refractivity contribution is 6.31. The quantitative estimate of drug-likeness (QED) is 0.840. The zero-order valence-corrected chi connectivity index (χ0v) is 14.0. The molecule has 0 fully saturated rings. The van der Waals surface area contributed by atoms with E-state index < -0.39 is 5.82 Å². The van der Waals surface area contributed by atoms with E-state index in [0.717, 1.165) is 18.4 Å². The van der Waals surface area contributed by atoms with Crippen LogP contribution in [0.5, 0.6) is 5.88 Å². The van der Waals surface area contributed by atoms with Gasteiger partial charge in [0.2, 0.25) is 5.88 Å². The van der Waals surface area contributed by atoms with Crippen LogP contribution in [0.4, 0.5) is 10.2 Å². The molecule has 1 aromatic heterocycles. The van der Waals surface area contributed by atoms with Gasteiger partial charge in [-0.3, -0.25) is 0 Å². The van der Waals surface area contributed by atoms with Crippen molar-refractivity contribution in [2.45, 2.75) is 40.2 Å². The van der Waals surface area contributed by atoms with Crippen molar-refractivity contribution in [1.29, 1.82) is 0 Å². The Balaban J connectivity index is 0.00000116. The molecule has 0 spiro atoms. The van der Waals surface area contributed by atoms with Crippen molar-refractivity contribution in [2.24, 2.45) is 0 Å². The summed E-state index contributed by atoms with van der Waals surface area (Å²) < 4.78 is 19.0. The molecule has 5 heteroatoms. The summed E-state index contributed by atoms with van der Waals surface area (Å²) in [5.41, 5.74) is 7.15. The summed E-state index contributed by atoms with van der Waals surface area (Å²) in [6, 6.07) is 8.13. The van der Waals surface area contributed by atoms with E-state index in [1.807, 2.05) is 19.9 Å². The number of aromatic nitrogens is 1. The highest BCUT2D eigenvalue weighted by atomic mass is 35.5. The third-order valence-corrected chi connectivity index (χ3v) is 3.29. The molecule has 3 nitrogen and oxygen atoms in total. The molecule has 0 aliphatic carbocycles. The third-order valence-electron chi connectivity index (χ3n) is 2.93. The minimum Gasteiger partial charge on any atom is -0.473 e. The number of hydrogen-bond donors (Lipinski definition) is 1. The first-order chi connectivity index (χ1) is 10.6. The van der Waals surface area contributed by atoms with Crippen LogP contribution in [0.2, 0.25) is 5.02 Å². The van der Waals surface area contributed by atoms with Gasteiger partial charge in [0.05, 0.1) is 5.02 Å². The summed E-state index contributed by atoms with van der Waals surface area (Å²) in [6.45, 7) is 6.09. The van der Waals surface area contributed by atoms with Gasteiger partial charge in [-0.1, -0.05) is 50.9 Å². The average molecular weight is 325 g/mol. The second-order valence-corrected chi connectivity index (χ2v) is 4.84. The van der Waals surface area contributed by atoms with Crippen LogP contribution < -0.4 is 10.5 Å². The third kappa shape index (κ3) is 4.88. The summed E-state index contributed by atoms with van der Waals surface area (Å²) in [5.74, 6) is 0.415. The fourth-order valence-electron chi connectivity index (χ4n) is 1.86. The van der Waals surface area contributed by atoms with Crippen LogP contribution in [-0.4, -0.2) is 4.98 Å².